The normalized spacial score (nSPS) is 11.2. The Hall–Kier alpha value is -2.34. The average molecular weight is 309 g/mol. The van der Waals surface area contributed by atoms with Gasteiger partial charge in [-0.2, -0.15) is 13.2 Å². The Morgan fingerprint density at radius 1 is 0.909 bits per heavy atom. The SMILES string of the molecule is O=C(N(Cc1ccccc1)OCc1ccccc1)C(F)(F)F. The van der Waals surface area contributed by atoms with Gasteiger partial charge in [0.15, 0.2) is 0 Å². The first-order chi connectivity index (χ1) is 10.5. The molecule has 0 aliphatic heterocycles. The summed E-state index contributed by atoms with van der Waals surface area (Å²) in [6.45, 7) is -0.387. The molecule has 0 atom stereocenters. The van der Waals surface area contributed by atoms with Crippen molar-refractivity contribution in [3.8, 4) is 0 Å². The molecular formula is C16H14F3NO2. The molecule has 0 spiro atoms. The van der Waals surface area contributed by atoms with Crippen LogP contribution in [0.5, 0.6) is 0 Å². The lowest BCUT2D eigenvalue weighted by Crippen LogP contribution is -2.40. The summed E-state index contributed by atoms with van der Waals surface area (Å²) < 4.78 is 38.0. The maximum absolute atomic E-state index is 12.7. The van der Waals surface area contributed by atoms with Crippen molar-refractivity contribution >= 4 is 5.91 Å². The molecule has 0 aliphatic carbocycles. The molecule has 0 unspecified atom stereocenters. The largest absolute Gasteiger partial charge is 0.473 e. The van der Waals surface area contributed by atoms with Crippen molar-refractivity contribution < 1.29 is 22.8 Å². The lowest BCUT2D eigenvalue weighted by atomic mass is 10.2. The number of benzene rings is 2. The predicted molar refractivity (Wildman–Crippen MR) is 74.3 cm³/mol. The van der Waals surface area contributed by atoms with Crippen LogP contribution >= 0.6 is 0 Å². The number of hydroxylamine groups is 2. The molecule has 0 radical (unpaired) electrons. The second kappa shape index (κ2) is 7.09. The third-order valence-electron chi connectivity index (χ3n) is 2.87. The number of halogens is 3. The van der Waals surface area contributed by atoms with E-state index in [1.165, 1.54) is 0 Å². The molecule has 1 amide bonds. The maximum atomic E-state index is 12.7. The maximum Gasteiger partial charge on any atom is 0.473 e. The molecule has 0 aromatic heterocycles. The summed E-state index contributed by atoms with van der Waals surface area (Å²) in [5, 5.41) is 0.350. The molecular weight excluding hydrogens is 295 g/mol. The van der Waals surface area contributed by atoms with Gasteiger partial charge >= 0.3 is 12.1 Å². The van der Waals surface area contributed by atoms with Crippen LogP contribution in [0.4, 0.5) is 13.2 Å². The van der Waals surface area contributed by atoms with Gasteiger partial charge < -0.3 is 0 Å². The highest BCUT2D eigenvalue weighted by molar-refractivity contribution is 5.80. The third kappa shape index (κ3) is 4.60. The van der Waals surface area contributed by atoms with Gasteiger partial charge in [-0.3, -0.25) is 9.63 Å². The summed E-state index contributed by atoms with van der Waals surface area (Å²) >= 11 is 0. The van der Waals surface area contributed by atoms with Crippen LogP contribution in [0.3, 0.4) is 0 Å². The van der Waals surface area contributed by atoms with Crippen molar-refractivity contribution in [2.75, 3.05) is 0 Å². The number of amides is 1. The van der Waals surface area contributed by atoms with Crippen molar-refractivity contribution in [1.29, 1.82) is 0 Å². The molecule has 0 N–H and O–H groups in total. The minimum absolute atomic E-state index is 0.116. The van der Waals surface area contributed by atoms with Crippen LogP contribution in [0, 0.1) is 0 Å². The topological polar surface area (TPSA) is 29.5 Å². The Morgan fingerprint density at radius 2 is 1.41 bits per heavy atom. The van der Waals surface area contributed by atoms with Crippen molar-refractivity contribution in [1.82, 2.24) is 5.06 Å². The van der Waals surface area contributed by atoms with E-state index >= 15 is 0 Å². The van der Waals surface area contributed by atoms with Crippen molar-refractivity contribution in [3.63, 3.8) is 0 Å². The molecule has 22 heavy (non-hydrogen) atoms. The summed E-state index contributed by atoms with van der Waals surface area (Å²) in [6, 6.07) is 17.0. The fraction of sp³-hybridized carbons (Fsp3) is 0.188. The number of rotatable bonds is 5. The van der Waals surface area contributed by atoms with Gasteiger partial charge in [-0.15, -0.1) is 0 Å². The van der Waals surface area contributed by atoms with Gasteiger partial charge in [0.25, 0.3) is 0 Å². The van der Waals surface area contributed by atoms with Gasteiger partial charge in [0.05, 0.1) is 6.54 Å². The summed E-state index contributed by atoms with van der Waals surface area (Å²) in [5.41, 5.74) is 1.23. The van der Waals surface area contributed by atoms with Gasteiger partial charge in [-0.05, 0) is 11.1 Å². The van der Waals surface area contributed by atoms with Crippen LogP contribution in [0.25, 0.3) is 0 Å². The van der Waals surface area contributed by atoms with Crippen molar-refractivity contribution in [3.05, 3.63) is 71.8 Å². The number of nitrogens with zero attached hydrogens (tertiary/aromatic N) is 1. The lowest BCUT2D eigenvalue weighted by molar-refractivity contribution is -0.236. The molecule has 0 saturated heterocycles. The Labute approximate surface area is 125 Å². The minimum atomic E-state index is -4.98. The van der Waals surface area contributed by atoms with Gasteiger partial charge in [-0.25, -0.2) is 5.06 Å². The van der Waals surface area contributed by atoms with E-state index in [9.17, 15) is 18.0 Å². The van der Waals surface area contributed by atoms with Gasteiger partial charge in [-0.1, -0.05) is 60.7 Å². The van der Waals surface area contributed by atoms with E-state index in [4.69, 9.17) is 4.84 Å². The molecule has 3 nitrogen and oxygen atoms in total. The summed E-state index contributed by atoms with van der Waals surface area (Å²) in [4.78, 5) is 16.6. The number of hydrogen-bond acceptors (Lipinski definition) is 2. The first-order valence-corrected chi connectivity index (χ1v) is 6.56. The van der Waals surface area contributed by atoms with Crippen molar-refractivity contribution in [2.24, 2.45) is 0 Å². The smallest absolute Gasteiger partial charge is 0.266 e. The molecule has 0 heterocycles. The molecule has 0 saturated carbocycles. The van der Waals surface area contributed by atoms with Crippen LogP contribution in [-0.2, 0) is 22.8 Å². The Kier molecular flexibility index (Phi) is 5.16. The van der Waals surface area contributed by atoms with Crippen LogP contribution < -0.4 is 0 Å². The fourth-order valence-corrected chi connectivity index (χ4v) is 1.79. The average Bonchev–Trinajstić information content (AvgIpc) is 2.52. The van der Waals surface area contributed by atoms with E-state index in [0.717, 1.165) is 0 Å². The van der Waals surface area contributed by atoms with Crippen LogP contribution in [0.1, 0.15) is 11.1 Å². The summed E-state index contributed by atoms with van der Waals surface area (Å²) in [5.74, 6) is -2.02. The van der Waals surface area contributed by atoms with Crippen LogP contribution in [0.2, 0.25) is 0 Å². The quantitative estimate of drug-likeness (QED) is 0.788. The highest BCUT2D eigenvalue weighted by Crippen LogP contribution is 2.21. The molecule has 0 aliphatic rings. The summed E-state index contributed by atoms with van der Waals surface area (Å²) in [6.07, 6.45) is -4.98. The van der Waals surface area contributed by atoms with Crippen molar-refractivity contribution in [2.45, 2.75) is 19.3 Å². The molecule has 2 rings (SSSR count). The van der Waals surface area contributed by atoms with Crippen LogP contribution in [0.15, 0.2) is 60.7 Å². The fourth-order valence-electron chi connectivity index (χ4n) is 1.79. The first-order valence-electron chi connectivity index (χ1n) is 6.56. The van der Waals surface area contributed by atoms with E-state index in [1.807, 2.05) is 0 Å². The number of carbonyl (C=O) groups excluding carboxylic acids is 1. The van der Waals surface area contributed by atoms with E-state index in [2.05, 4.69) is 0 Å². The van der Waals surface area contributed by atoms with E-state index < -0.39 is 12.1 Å². The second-order valence-electron chi connectivity index (χ2n) is 4.58. The monoisotopic (exact) mass is 309 g/mol. The minimum Gasteiger partial charge on any atom is -0.266 e. The Morgan fingerprint density at radius 3 is 1.91 bits per heavy atom. The molecule has 2 aromatic carbocycles. The van der Waals surface area contributed by atoms with Gasteiger partial charge in [0, 0.05) is 0 Å². The zero-order valence-electron chi connectivity index (χ0n) is 11.6. The highest BCUT2D eigenvalue weighted by Gasteiger charge is 2.43. The number of alkyl halides is 3. The molecule has 116 valence electrons. The standard InChI is InChI=1S/C16H14F3NO2/c17-16(18,19)15(21)20(11-13-7-3-1-4-8-13)22-12-14-9-5-2-6-10-14/h1-10H,11-12H2. The third-order valence-corrected chi connectivity index (χ3v) is 2.87. The lowest BCUT2D eigenvalue weighted by Gasteiger charge is -2.23. The first kappa shape index (κ1) is 16.0. The van der Waals surface area contributed by atoms with Crippen LogP contribution in [-0.4, -0.2) is 17.1 Å². The highest BCUT2D eigenvalue weighted by atomic mass is 19.4. The second-order valence-corrected chi connectivity index (χ2v) is 4.58. The molecule has 0 bridgehead atoms. The zero-order chi connectivity index (χ0) is 16.0. The molecule has 0 fully saturated rings. The predicted octanol–water partition coefficient (Wildman–Crippen LogP) is 3.71. The van der Waals surface area contributed by atoms with Gasteiger partial charge in [0.2, 0.25) is 0 Å². The van der Waals surface area contributed by atoms with E-state index in [1.54, 1.807) is 60.7 Å². The van der Waals surface area contributed by atoms with E-state index in [0.29, 0.717) is 16.2 Å². The summed E-state index contributed by atoms with van der Waals surface area (Å²) in [7, 11) is 0. The zero-order valence-corrected chi connectivity index (χ0v) is 11.6. The Balaban J connectivity index is 2.09. The van der Waals surface area contributed by atoms with E-state index in [-0.39, 0.29) is 13.2 Å². The van der Waals surface area contributed by atoms with Gasteiger partial charge in [0.1, 0.15) is 6.61 Å². The number of carbonyl (C=O) groups is 1. The molecule has 2 aromatic rings. The molecule has 6 heteroatoms. The number of hydrogen-bond donors (Lipinski definition) is 0. The Bertz CT molecular complexity index is 600.